The monoisotopic (exact) mass is 266 g/mol. The van der Waals surface area contributed by atoms with Crippen LogP contribution in [0.15, 0.2) is 18.2 Å². The Kier molecular flexibility index (Phi) is 4.59. The first kappa shape index (κ1) is 13.6. The molecule has 2 N–H and O–H groups in total. The van der Waals surface area contributed by atoms with Crippen LogP contribution in [0.5, 0.6) is 11.5 Å². The zero-order chi connectivity index (χ0) is 13.7. The number of hydrogen-bond donors (Lipinski definition) is 2. The average Bonchev–Trinajstić information content (AvgIpc) is 2.47. The molecule has 1 aromatic carbocycles. The van der Waals surface area contributed by atoms with Gasteiger partial charge in [0.05, 0.1) is 27.4 Å². The van der Waals surface area contributed by atoms with Gasteiger partial charge in [0.15, 0.2) is 0 Å². The van der Waals surface area contributed by atoms with E-state index in [1.165, 1.54) is 0 Å². The summed E-state index contributed by atoms with van der Waals surface area (Å²) in [7, 11) is 3.13. The van der Waals surface area contributed by atoms with Crippen molar-refractivity contribution in [2.45, 2.75) is 6.04 Å². The molecular formula is C13H18N2O4. The normalized spacial score (nSPS) is 18.7. The van der Waals surface area contributed by atoms with Gasteiger partial charge in [-0.1, -0.05) is 0 Å². The van der Waals surface area contributed by atoms with Gasteiger partial charge in [0.1, 0.15) is 17.5 Å². The lowest BCUT2D eigenvalue weighted by Crippen LogP contribution is -2.48. The summed E-state index contributed by atoms with van der Waals surface area (Å²) in [4.78, 5) is 12.0. The SMILES string of the molecule is COc1cc(NC(=O)C2COCCN2)cc(OC)c1. The van der Waals surface area contributed by atoms with Crippen molar-refractivity contribution in [3.63, 3.8) is 0 Å². The zero-order valence-corrected chi connectivity index (χ0v) is 11.1. The van der Waals surface area contributed by atoms with E-state index in [4.69, 9.17) is 14.2 Å². The van der Waals surface area contributed by atoms with E-state index in [-0.39, 0.29) is 11.9 Å². The van der Waals surface area contributed by atoms with E-state index >= 15 is 0 Å². The highest BCUT2D eigenvalue weighted by Crippen LogP contribution is 2.25. The third-order valence-electron chi connectivity index (χ3n) is 2.86. The Morgan fingerprint density at radius 3 is 2.53 bits per heavy atom. The van der Waals surface area contributed by atoms with Gasteiger partial charge in [-0.25, -0.2) is 0 Å². The summed E-state index contributed by atoms with van der Waals surface area (Å²) < 4.78 is 15.6. The van der Waals surface area contributed by atoms with Crippen molar-refractivity contribution in [2.75, 3.05) is 39.3 Å². The maximum absolute atomic E-state index is 12.0. The van der Waals surface area contributed by atoms with E-state index in [1.54, 1.807) is 32.4 Å². The number of nitrogens with one attached hydrogen (secondary N) is 2. The summed E-state index contributed by atoms with van der Waals surface area (Å²) in [6.07, 6.45) is 0. The maximum Gasteiger partial charge on any atom is 0.243 e. The van der Waals surface area contributed by atoms with Crippen LogP contribution in [0.3, 0.4) is 0 Å². The highest BCUT2D eigenvalue weighted by molar-refractivity contribution is 5.95. The molecule has 19 heavy (non-hydrogen) atoms. The number of methoxy groups -OCH3 is 2. The molecule has 1 amide bonds. The largest absolute Gasteiger partial charge is 0.497 e. The van der Waals surface area contributed by atoms with Crippen LogP contribution in [0.25, 0.3) is 0 Å². The molecule has 1 unspecified atom stereocenters. The number of ether oxygens (including phenoxy) is 3. The summed E-state index contributed by atoms with van der Waals surface area (Å²) in [6.45, 7) is 1.70. The third kappa shape index (κ3) is 3.59. The fourth-order valence-corrected chi connectivity index (χ4v) is 1.84. The molecule has 0 spiro atoms. The average molecular weight is 266 g/mol. The van der Waals surface area contributed by atoms with Crippen LogP contribution in [0, 0.1) is 0 Å². The minimum absolute atomic E-state index is 0.130. The Hall–Kier alpha value is -1.79. The van der Waals surface area contributed by atoms with Gasteiger partial charge in [-0.2, -0.15) is 0 Å². The van der Waals surface area contributed by atoms with Crippen molar-refractivity contribution >= 4 is 11.6 Å². The predicted molar refractivity (Wildman–Crippen MR) is 70.8 cm³/mol. The standard InChI is InChI=1S/C13H18N2O4/c1-17-10-5-9(6-11(7-10)18-2)15-13(16)12-8-19-4-3-14-12/h5-7,12,14H,3-4,8H2,1-2H3,(H,15,16). The maximum atomic E-state index is 12.0. The van der Waals surface area contributed by atoms with Gasteiger partial charge in [-0.15, -0.1) is 0 Å². The molecule has 0 saturated carbocycles. The minimum atomic E-state index is -0.328. The van der Waals surface area contributed by atoms with Crippen molar-refractivity contribution in [1.29, 1.82) is 0 Å². The van der Waals surface area contributed by atoms with Crippen molar-refractivity contribution in [3.8, 4) is 11.5 Å². The van der Waals surface area contributed by atoms with Crippen LogP contribution in [0.4, 0.5) is 5.69 Å². The van der Waals surface area contributed by atoms with Crippen LogP contribution >= 0.6 is 0 Å². The first-order chi connectivity index (χ1) is 9.22. The Bertz CT molecular complexity index is 422. The third-order valence-corrected chi connectivity index (χ3v) is 2.86. The van der Waals surface area contributed by atoms with Crippen molar-refractivity contribution in [2.24, 2.45) is 0 Å². The number of carbonyl (C=O) groups is 1. The highest BCUT2D eigenvalue weighted by Gasteiger charge is 2.21. The second kappa shape index (κ2) is 6.40. The van der Waals surface area contributed by atoms with Gasteiger partial charge >= 0.3 is 0 Å². The Labute approximate surface area is 112 Å². The Morgan fingerprint density at radius 1 is 1.32 bits per heavy atom. The summed E-state index contributed by atoms with van der Waals surface area (Å²) in [5.41, 5.74) is 0.633. The van der Waals surface area contributed by atoms with Crippen molar-refractivity contribution < 1.29 is 19.0 Å². The van der Waals surface area contributed by atoms with Crippen LogP contribution in [0.1, 0.15) is 0 Å². The molecule has 1 aliphatic rings. The van der Waals surface area contributed by atoms with E-state index in [9.17, 15) is 4.79 Å². The molecule has 104 valence electrons. The summed E-state index contributed by atoms with van der Waals surface area (Å²) >= 11 is 0. The number of anilines is 1. The summed E-state index contributed by atoms with van der Waals surface area (Å²) in [5.74, 6) is 1.13. The molecule has 6 heteroatoms. The second-order valence-electron chi connectivity index (χ2n) is 4.17. The number of rotatable bonds is 4. The minimum Gasteiger partial charge on any atom is -0.497 e. The molecule has 0 radical (unpaired) electrons. The van der Waals surface area contributed by atoms with Crippen LogP contribution in [-0.4, -0.2) is 45.9 Å². The van der Waals surface area contributed by atoms with Crippen molar-refractivity contribution in [1.82, 2.24) is 5.32 Å². The smallest absolute Gasteiger partial charge is 0.243 e. The second-order valence-corrected chi connectivity index (χ2v) is 4.17. The van der Waals surface area contributed by atoms with E-state index in [0.717, 1.165) is 0 Å². The highest BCUT2D eigenvalue weighted by atomic mass is 16.5. The first-order valence-electron chi connectivity index (χ1n) is 6.08. The molecule has 6 nitrogen and oxygen atoms in total. The van der Waals surface area contributed by atoms with Gasteiger partial charge in [0, 0.05) is 30.4 Å². The van der Waals surface area contributed by atoms with Gasteiger partial charge in [-0.05, 0) is 0 Å². The Balaban J connectivity index is 2.06. The van der Waals surface area contributed by atoms with E-state index in [0.29, 0.717) is 36.9 Å². The molecule has 0 aliphatic carbocycles. The van der Waals surface area contributed by atoms with Crippen LogP contribution < -0.4 is 20.1 Å². The van der Waals surface area contributed by atoms with Crippen LogP contribution in [-0.2, 0) is 9.53 Å². The molecule has 1 saturated heterocycles. The molecule has 1 aliphatic heterocycles. The van der Waals surface area contributed by atoms with E-state index in [2.05, 4.69) is 10.6 Å². The molecule has 0 bridgehead atoms. The van der Waals surface area contributed by atoms with Crippen molar-refractivity contribution in [3.05, 3.63) is 18.2 Å². The molecule has 1 heterocycles. The Morgan fingerprint density at radius 2 is 2.00 bits per heavy atom. The quantitative estimate of drug-likeness (QED) is 0.836. The molecule has 0 aromatic heterocycles. The first-order valence-corrected chi connectivity index (χ1v) is 6.08. The topological polar surface area (TPSA) is 68.8 Å². The lowest BCUT2D eigenvalue weighted by Gasteiger charge is -2.23. The van der Waals surface area contributed by atoms with Gasteiger partial charge in [0.2, 0.25) is 5.91 Å². The fraction of sp³-hybridized carbons (Fsp3) is 0.462. The number of carbonyl (C=O) groups excluding carboxylic acids is 1. The van der Waals surface area contributed by atoms with Gasteiger partial charge in [-0.3, -0.25) is 4.79 Å². The lowest BCUT2D eigenvalue weighted by atomic mass is 10.2. The number of benzene rings is 1. The molecule has 1 atom stereocenters. The molecule has 1 aromatic rings. The summed E-state index contributed by atoms with van der Waals surface area (Å²) in [6, 6.07) is 4.90. The fourth-order valence-electron chi connectivity index (χ4n) is 1.84. The zero-order valence-electron chi connectivity index (χ0n) is 11.1. The number of amides is 1. The van der Waals surface area contributed by atoms with E-state index in [1.807, 2.05) is 0 Å². The molecule has 1 fully saturated rings. The van der Waals surface area contributed by atoms with Gasteiger partial charge in [0.25, 0.3) is 0 Å². The van der Waals surface area contributed by atoms with E-state index < -0.39 is 0 Å². The summed E-state index contributed by atoms with van der Waals surface area (Å²) in [5, 5.41) is 5.92. The number of hydrogen-bond acceptors (Lipinski definition) is 5. The van der Waals surface area contributed by atoms with Crippen LogP contribution in [0.2, 0.25) is 0 Å². The predicted octanol–water partition coefficient (Wildman–Crippen LogP) is 0.631. The van der Waals surface area contributed by atoms with Gasteiger partial charge < -0.3 is 24.8 Å². The molecule has 2 rings (SSSR count). The lowest BCUT2D eigenvalue weighted by molar-refractivity contribution is -0.120. The number of morpholine rings is 1. The molecular weight excluding hydrogens is 248 g/mol.